The van der Waals surface area contributed by atoms with E-state index in [9.17, 15) is 24.0 Å². The number of aliphatic carboxylic acids is 1. The summed E-state index contributed by atoms with van der Waals surface area (Å²) in [5, 5.41) is 9.07. The van der Waals surface area contributed by atoms with E-state index in [1.165, 1.54) is 19.9 Å². The molecule has 0 aromatic carbocycles. The second-order valence-corrected chi connectivity index (χ2v) is 12.3. The molecule has 9 heteroatoms. The van der Waals surface area contributed by atoms with Gasteiger partial charge in [-0.2, -0.15) is 0 Å². The fourth-order valence-electron chi connectivity index (χ4n) is 5.34. The smallest absolute Gasteiger partial charge is 0.331 e. The van der Waals surface area contributed by atoms with E-state index in [1.54, 1.807) is 26.8 Å². The molecule has 1 aliphatic rings. The van der Waals surface area contributed by atoms with Crippen LogP contribution in [0.1, 0.15) is 81.6 Å². The van der Waals surface area contributed by atoms with E-state index >= 15 is 0 Å². The molecule has 1 aliphatic heterocycles. The van der Waals surface area contributed by atoms with Gasteiger partial charge >= 0.3 is 23.9 Å². The highest BCUT2D eigenvalue weighted by molar-refractivity contribution is 5.86. The van der Waals surface area contributed by atoms with E-state index in [0.717, 1.165) is 30.1 Å². The van der Waals surface area contributed by atoms with Crippen molar-refractivity contribution in [3.8, 4) is 0 Å². The fourth-order valence-corrected chi connectivity index (χ4v) is 5.34. The number of ether oxygens (including phenoxy) is 3. The van der Waals surface area contributed by atoms with Crippen molar-refractivity contribution in [1.29, 1.82) is 0 Å². The molecule has 0 amide bonds. The molecule has 1 N–H and O–H groups in total. The molecule has 0 bridgehead atoms. The molecule has 1 rings (SSSR count). The third-order valence-corrected chi connectivity index (χ3v) is 7.72. The van der Waals surface area contributed by atoms with Crippen LogP contribution in [0.25, 0.3) is 0 Å². The molecular weight excluding hydrogens is 588 g/mol. The summed E-state index contributed by atoms with van der Waals surface area (Å²) in [4.78, 5) is 60.0. The summed E-state index contributed by atoms with van der Waals surface area (Å²) >= 11 is 0. The Labute approximate surface area is 274 Å². The highest BCUT2D eigenvalue weighted by Gasteiger charge is 2.35. The Balaban J connectivity index is 3.07. The maximum absolute atomic E-state index is 13.7. The molecule has 0 aromatic rings. The largest absolute Gasteiger partial charge is 0.478 e. The summed E-state index contributed by atoms with van der Waals surface area (Å²) in [7, 11) is 0. The number of hydrogen-bond acceptors (Lipinski definition) is 8. The van der Waals surface area contributed by atoms with Crippen LogP contribution in [0.4, 0.5) is 0 Å². The Morgan fingerprint density at radius 2 is 1.70 bits per heavy atom. The lowest BCUT2D eigenvalue weighted by Gasteiger charge is -2.30. The van der Waals surface area contributed by atoms with Crippen molar-refractivity contribution >= 4 is 29.7 Å². The Kier molecular flexibility index (Phi) is 17.6. The lowest BCUT2D eigenvalue weighted by atomic mass is 9.82. The van der Waals surface area contributed by atoms with Crippen molar-refractivity contribution in [3.63, 3.8) is 0 Å². The summed E-state index contributed by atoms with van der Waals surface area (Å²) in [6, 6.07) is 0. The van der Waals surface area contributed by atoms with Crippen LogP contribution in [0.15, 0.2) is 71.4 Å². The quantitative estimate of drug-likeness (QED) is 0.0735. The van der Waals surface area contributed by atoms with E-state index < -0.39 is 35.8 Å². The number of allylic oxidation sites excluding steroid dienone is 7. The van der Waals surface area contributed by atoms with Crippen LogP contribution in [0, 0.1) is 29.6 Å². The maximum Gasteiger partial charge on any atom is 0.331 e. The Bertz CT molecular complexity index is 1260. The summed E-state index contributed by atoms with van der Waals surface area (Å²) in [6.07, 6.45) is 17.0. The van der Waals surface area contributed by atoms with Gasteiger partial charge in [0.25, 0.3) is 0 Å². The SMILES string of the molecule is CCC(=C/C(C)C/C=C/C(C)=C/C(COC(C)=O)C(=O)C(C)C(OC(C)=O)C(C)C/C(C)=C/C(=O)O)/C=C/C1OC(=O)C=CC1C. The van der Waals surface area contributed by atoms with Crippen molar-refractivity contribution < 1.29 is 43.3 Å². The second kappa shape index (κ2) is 20.2. The highest BCUT2D eigenvalue weighted by Crippen LogP contribution is 2.27. The first-order valence-corrected chi connectivity index (χ1v) is 15.9. The number of carboxylic acid groups (broad SMARTS) is 1. The summed E-state index contributed by atoms with van der Waals surface area (Å²) in [6.45, 7) is 15.6. The molecule has 0 saturated heterocycles. The lowest BCUT2D eigenvalue weighted by Crippen LogP contribution is -2.39. The average Bonchev–Trinajstić information content (AvgIpc) is 2.96. The summed E-state index contributed by atoms with van der Waals surface area (Å²) < 4.78 is 16.2. The first-order chi connectivity index (χ1) is 21.5. The van der Waals surface area contributed by atoms with E-state index in [2.05, 4.69) is 19.9 Å². The minimum absolute atomic E-state index is 0.114. The van der Waals surface area contributed by atoms with Gasteiger partial charge in [0.2, 0.25) is 0 Å². The van der Waals surface area contributed by atoms with Crippen molar-refractivity contribution in [1.82, 2.24) is 0 Å². The van der Waals surface area contributed by atoms with Crippen LogP contribution in [-0.2, 0) is 38.2 Å². The molecule has 0 aliphatic carbocycles. The highest BCUT2D eigenvalue weighted by atomic mass is 16.5. The zero-order valence-corrected chi connectivity index (χ0v) is 28.8. The Hall–Kier alpha value is -4.01. The number of carbonyl (C=O) groups is 5. The van der Waals surface area contributed by atoms with Crippen molar-refractivity contribution in [2.75, 3.05) is 6.61 Å². The lowest BCUT2D eigenvalue weighted by molar-refractivity contribution is -0.155. The van der Waals surface area contributed by atoms with Gasteiger partial charge < -0.3 is 19.3 Å². The molecule has 7 unspecified atom stereocenters. The van der Waals surface area contributed by atoms with Gasteiger partial charge in [0.1, 0.15) is 24.6 Å². The minimum atomic E-state index is -1.07. The first-order valence-electron chi connectivity index (χ1n) is 15.9. The van der Waals surface area contributed by atoms with Crippen LogP contribution < -0.4 is 0 Å². The standard InChI is InChI=1S/C37H52O9/c1-10-31(15-16-33-26(5)14-17-35(42)46-33)19-23(2)12-11-13-24(3)20-32(22-44-29(8)38)36(43)28(7)37(45-30(9)39)27(6)18-25(4)21-34(40)41/h11,13-17,19-21,23,26-28,32-33,37H,10,12,18,22H2,1-9H3,(H,40,41)/b13-11+,16-15+,24-20+,25-21+,31-19-. The van der Waals surface area contributed by atoms with E-state index in [-0.39, 0.29) is 42.2 Å². The van der Waals surface area contributed by atoms with E-state index in [0.29, 0.717) is 12.0 Å². The third-order valence-electron chi connectivity index (χ3n) is 7.72. The second-order valence-electron chi connectivity index (χ2n) is 12.3. The van der Waals surface area contributed by atoms with Gasteiger partial charge in [-0.05, 0) is 51.0 Å². The van der Waals surface area contributed by atoms with Crippen molar-refractivity contribution in [2.45, 2.75) is 93.8 Å². The van der Waals surface area contributed by atoms with Crippen LogP contribution in [-0.4, -0.2) is 53.6 Å². The molecular formula is C37H52O9. The number of carboxylic acids is 1. The van der Waals surface area contributed by atoms with Crippen molar-refractivity contribution in [2.24, 2.45) is 29.6 Å². The van der Waals surface area contributed by atoms with Gasteiger partial charge in [-0.1, -0.05) is 87.8 Å². The van der Waals surface area contributed by atoms with Crippen molar-refractivity contribution in [3.05, 3.63) is 71.4 Å². The molecule has 0 radical (unpaired) electrons. The molecule has 0 spiro atoms. The molecule has 254 valence electrons. The van der Waals surface area contributed by atoms with Gasteiger partial charge in [0.05, 0.1) is 11.8 Å². The van der Waals surface area contributed by atoms with Gasteiger partial charge in [-0.25, -0.2) is 9.59 Å². The van der Waals surface area contributed by atoms with E-state index in [4.69, 9.17) is 19.3 Å². The first kappa shape index (κ1) is 40.0. The van der Waals surface area contributed by atoms with Gasteiger partial charge in [-0.15, -0.1) is 0 Å². The molecule has 9 nitrogen and oxygen atoms in total. The fraction of sp³-hybridized carbons (Fsp3) is 0.541. The number of carbonyl (C=O) groups excluding carboxylic acids is 4. The molecule has 0 aromatic heterocycles. The van der Waals surface area contributed by atoms with Crippen LogP contribution in [0.5, 0.6) is 0 Å². The summed E-state index contributed by atoms with van der Waals surface area (Å²) in [5.41, 5.74) is 2.53. The molecule has 46 heavy (non-hydrogen) atoms. The number of cyclic esters (lactones) is 1. The van der Waals surface area contributed by atoms with Gasteiger partial charge in [-0.3, -0.25) is 14.4 Å². The predicted octanol–water partition coefficient (Wildman–Crippen LogP) is 6.90. The van der Waals surface area contributed by atoms with E-state index in [1.807, 2.05) is 44.2 Å². The number of Topliss-reactive ketones (excluding diaryl/α,β-unsaturated/α-hetero) is 1. The third kappa shape index (κ3) is 15.3. The topological polar surface area (TPSA) is 133 Å². The monoisotopic (exact) mass is 640 g/mol. The number of hydrogen-bond donors (Lipinski definition) is 1. The zero-order valence-electron chi connectivity index (χ0n) is 28.8. The van der Waals surface area contributed by atoms with Crippen LogP contribution in [0.3, 0.4) is 0 Å². The Morgan fingerprint density at radius 1 is 1.02 bits per heavy atom. The Morgan fingerprint density at radius 3 is 2.28 bits per heavy atom. The maximum atomic E-state index is 13.7. The summed E-state index contributed by atoms with van der Waals surface area (Å²) in [5.74, 6) is -4.24. The zero-order chi connectivity index (χ0) is 35.0. The molecule has 1 heterocycles. The predicted molar refractivity (Wildman–Crippen MR) is 177 cm³/mol. The van der Waals surface area contributed by atoms with Gasteiger partial charge in [0, 0.05) is 31.9 Å². The average molecular weight is 641 g/mol. The van der Waals surface area contributed by atoms with Crippen LogP contribution >= 0.6 is 0 Å². The minimum Gasteiger partial charge on any atom is -0.478 e. The molecule has 0 fully saturated rings. The number of rotatable bonds is 18. The van der Waals surface area contributed by atoms with Crippen LogP contribution in [0.2, 0.25) is 0 Å². The number of ketones is 1. The molecule has 0 saturated carbocycles. The van der Waals surface area contributed by atoms with Gasteiger partial charge in [0.15, 0.2) is 0 Å². The normalized spacial score (nSPS) is 21.0. The number of esters is 3. The molecule has 7 atom stereocenters.